The van der Waals surface area contributed by atoms with Gasteiger partial charge in [0.25, 0.3) is 0 Å². The van der Waals surface area contributed by atoms with E-state index in [1.165, 1.54) is 0 Å². The number of aromatic nitrogens is 3. The maximum absolute atomic E-state index is 5.70. The topological polar surface area (TPSA) is 78.0 Å². The molecule has 0 amide bonds. The maximum Gasteiger partial charge on any atom is 0.217 e. The van der Waals surface area contributed by atoms with E-state index in [0.717, 1.165) is 29.8 Å². The highest BCUT2D eigenvalue weighted by Gasteiger charge is 2.18. The Labute approximate surface area is 118 Å². The third-order valence-electron chi connectivity index (χ3n) is 3.37. The fraction of sp³-hybridized carbons (Fsp3) is 0.429. The smallest absolute Gasteiger partial charge is 0.217 e. The highest BCUT2D eigenvalue weighted by Crippen LogP contribution is 2.25. The van der Waals surface area contributed by atoms with Gasteiger partial charge in [-0.15, -0.1) is 0 Å². The lowest BCUT2D eigenvalue weighted by atomic mass is 10.0. The molecule has 0 spiro atoms. The molecule has 1 atom stereocenters. The van der Waals surface area contributed by atoms with Crippen LogP contribution in [-0.4, -0.2) is 21.9 Å². The van der Waals surface area contributed by atoms with Gasteiger partial charge >= 0.3 is 0 Å². The molecular weight excluding hydrogens is 254 g/mol. The average molecular weight is 275 g/mol. The summed E-state index contributed by atoms with van der Waals surface area (Å²) in [5.74, 6) is 6.29. The zero-order valence-corrected chi connectivity index (χ0v) is 12.1. The minimum Gasteiger partial charge on any atom is -0.481 e. The Hall–Kier alpha value is -1.92. The summed E-state index contributed by atoms with van der Waals surface area (Å²) in [7, 11) is 3.56. The molecule has 0 aliphatic rings. The molecule has 3 N–H and O–H groups in total. The molecule has 0 fully saturated rings. The van der Waals surface area contributed by atoms with E-state index in [0.29, 0.717) is 5.88 Å². The quantitative estimate of drug-likeness (QED) is 0.610. The molecule has 1 unspecified atom stereocenters. The Morgan fingerprint density at radius 2 is 2.30 bits per heavy atom. The summed E-state index contributed by atoms with van der Waals surface area (Å²) in [6.45, 7) is 2.09. The lowest BCUT2D eigenvalue weighted by Crippen LogP contribution is -2.30. The maximum atomic E-state index is 5.70. The van der Waals surface area contributed by atoms with Crippen molar-refractivity contribution in [3.63, 3.8) is 0 Å². The molecule has 20 heavy (non-hydrogen) atoms. The standard InChI is InChI=1S/C14H21N5O/c1-4-10-8-11(19(2)18-10)9-13(17-15)12-6-5-7-16-14(12)20-3/h5-8,13,17H,4,9,15H2,1-3H3. The molecule has 108 valence electrons. The average Bonchev–Trinajstić information content (AvgIpc) is 2.85. The number of hydrogen-bond acceptors (Lipinski definition) is 5. The molecule has 6 nitrogen and oxygen atoms in total. The van der Waals surface area contributed by atoms with E-state index in [1.54, 1.807) is 13.3 Å². The summed E-state index contributed by atoms with van der Waals surface area (Å²) in [5.41, 5.74) is 5.98. The molecule has 2 aromatic rings. The number of hydrogen-bond donors (Lipinski definition) is 2. The van der Waals surface area contributed by atoms with Crippen LogP contribution >= 0.6 is 0 Å². The number of rotatable bonds is 6. The Kier molecular flexibility index (Phi) is 4.70. The summed E-state index contributed by atoms with van der Waals surface area (Å²) in [5, 5.41) is 4.45. The normalized spacial score (nSPS) is 12.4. The van der Waals surface area contributed by atoms with Crippen LogP contribution < -0.4 is 16.0 Å². The number of nitrogens with one attached hydrogen (secondary N) is 1. The van der Waals surface area contributed by atoms with Gasteiger partial charge in [0.15, 0.2) is 0 Å². The molecule has 2 rings (SSSR count). The number of nitrogens with zero attached hydrogens (tertiary/aromatic N) is 3. The van der Waals surface area contributed by atoms with Gasteiger partial charge in [0, 0.05) is 30.9 Å². The molecule has 0 aromatic carbocycles. The van der Waals surface area contributed by atoms with Crippen molar-refractivity contribution < 1.29 is 4.74 Å². The van der Waals surface area contributed by atoms with Crippen molar-refractivity contribution in [2.24, 2.45) is 12.9 Å². The van der Waals surface area contributed by atoms with Gasteiger partial charge in [0.05, 0.1) is 18.8 Å². The van der Waals surface area contributed by atoms with Crippen molar-refractivity contribution in [3.05, 3.63) is 41.3 Å². The highest BCUT2D eigenvalue weighted by molar-refractivity contribution is 5.30. The van der Waals surface area contributed by atoms with Gasteiger partial charge in [-0.3, -0.25) is 16.0 Å². The SMILES string of the molecule is CCc1cc(CC(NN)c2cccnc2OC)n(C)n1. The van der Waals surface area contributed by atoms with Crippen molar-refractivity contribution in [2.75, 3.05) is 7.11 Å². The van der Waals surface area contributed by atoms with E-state index in [9.17, 15) is 0 Å². The zero-order valence-electron chi connectivity index (χ0n) is 12.1. The van der Waals surface area contributed by atoms with Crippen LogP contribution in [0.2, 0.25) is 0 Å². The minimum atomic E-state index is -0.0706. The van der Waals surface area contributed by atoms with Crippen molar-refractivity contribution in [2.45, 2.75) is 25.8 Å². The molecular formula is C14H21N5O. The Morgan fingerprint density at radius 3 is 2.90 bits per heavy atom. The first-order valence-electron chi connectivity index (χ1n) is 6.66. The van der Waals surface area contributed by atoms with Crippen LogP contribution in [0.5, 0.6) is 5.88 Å². The highest BCUT2D eigenvalue weighted by atomic mass is 16.5. The molecule has 0 saturated heterocycles. The summed E-state index contributed by atoms with van der Waals surface area (Å²) in [6.07, 6.45) is 3.35. The summed E-state index contributed by atoms with van der Waals surface area (Å²) < 4.78 is 7.19. The van der Waals surface area contributed by atoms with E-state index < -0.39 is 0 Å². The number of methoxy groups -OCH3 is 1. The Morgan fingerprint density at radius 1 is 1.50 bits per heavy atom. The van der Waals surface area contributed by atoms with Gasteiger partial charge in [-0.2, -0.15) is 5.10 Å². The Balaban J connectivity index is 2.26. The first-order valence-corrected chi connectivity index (χ1v) is 6.66. The largest absolute Gasteiger partial charge is 0.481 e. The fourth-order valence-electron chi connectivity index (χ4n) is 2.24. The predicted molar refractivity (Wildman–Crippen MR) is 77.1 cm³/mol. The number of nitrogens with two attached hydrogens (primary N) is 1. The first-order chi connectivity index (χ1) is 9.69. The molecule has 0 saturated carbocycles. The number of pyridine rings is 1. The van der Waals surface area contributed by atoms with Gasteiger partial charge in [0.2, 0.25) is 5.88 Å². The molecule has 2 heterocycles. The van der Waals surface area contributed by atoms with E-state index in [2.05, 4.69) is 28.5 Å². The molecule has 0 radical (unpaired) electrons. The summed E-state index contributed by atoms with van der Waals surface area (Å²) in [4.78, 5) is 4.21. The number of hydrazine groups is 1. The summed E-state index contributed by atoms with van der Waals surface area (Å²) in [6, 6.07) is 5.88. The molecule has 0 aliphatic heterocycles. The third-order valence-corrected chi connectivity index (χ3v) is 3.37. The van der Waals surface area contributed by atoms with E-state index in [-0.39, 0.29) is 6.04 Å². The van der Waals surface area contributed by atoms with Crippen molar-refractivity contribution in [1.82, 2.24) is 20.2 Å². The lowest BCUT2D eigenvalue weighted by Gasteiger charge is -2.18. The molecule has 2 aromatic heterocycles. The monoisotopic (exact) mass is 275 g/mol. The zero-order chi connectivity index (χ0) is 14.5. The van der Waals surface area contributed by atoms with Crippen molar-refractivity contribution in [1.29, 1.82) is 0 Å². The first kappa shape index (κ1) is 14.5. The summed E-state index contributed by atoms with van der Waals surface area (Å²) >= 11 is 0. The van der Waals surface area contributed by atoms with Gasteiger partial charge in [-0.1, -0.05) is 13.0 Å². The van der Waals surface area contributed by atoms with Crippen LogP contribution in [0.15, 0.2) is 24.4 Å². The van der Waals surface area contributed by atoms with Crippen LogP contribution in [0.1, 0.15) is 29.9 Å². The number of ether oxygens (including phenoxy) is 1. The minimum absolute atomic E-state index is 0.0706. The van der Waals surface area contributed by atoms with Gasteiger partial charge in [-0.25, -0.2) is 4.98 Å². The van der Waals surface area contributed by atoms with Crippen LogP contribution in [0.25, 0.3) is 0 Å². The van der Waals surface area contributed by atoms with E-state index in [4.69, 9.17) is 10.6 Å². The van der Waals surface area contributed by atoms with Gasteiger partial charge < -0.3 is 4.74 Å². The van der Waals surface area contributed by atoms with Crippen LogP contribution in [-0.2, 0) is 19.9 Å². The van der Waals surface area contributed by atoms with Crippen LogP contribution in [0.3, 0.4) is 0 Å². The second kappa shape index (κ2) is 6.49. The van der Waals surface area contributed by atoms with Crippen molar-refractivity contribution in [3.8, 4) is 5.88 Å². The second-order valence-electron chi connectivity index (χ2n) is 4.63. The van der Waals surface area contributed by atoms with E-state index >= 15 is 0 Å². The lowest BCUT2D eigenvalue weighted by molar-refractivity contribution is 0.381. The Bertz CT molecular complexity index is 566. The van der Waals surface area contributed by atoms with Gasteiger partial charge in [-0.05, 0) is 18.6 Å². The molecule has 0 aliphatic carbocycles. The molecule has 0 bridgehead atoms. The van der Waals surface area contributed by atoms with Crippen LogP contribution in [0.4, 0.5) is 0 Å². The predicted octanol–water partition coefficient (Wildman–Crippen LogP) is 1.13. The molecule has 6 heteroatoms. The van der Waals surface area contributed by atoms with Crippen LogP contribution in [0, 0.1) is 0 Å². The fourth-order valence-corrected chi connectivity index (χ4v) is 2.24. The number of aryl methyl sites for hydroxylation is 2. The third kappa shape index (κ3) is 2.97. The van der Waals surface area contributed by atoms with Crippen molar-refractivity contribution >= 4 is 0 Å². The second-order valence-corrected chi connectivity index (χ2v) is 4.63. The van der Waals surface area contributed by atoms with E-state index in [1.807, 2.05) is 23.9 Å². The van der Waals surface area contributed by atoms with Gasteiger partial charge in [0.1, 0.15) is 0 Å².